The Morgan fingerprint density at radius 3 is 2.44 bits per heavy atom. The van der Waals surface area contributed by atoms with Gasteiger partial charge in [0.05, 0.1) is 10.5 Å². The molecule has 0 spiro atoms. The monoisotopic (exact) mass is 252 g/mol. The number of hydrogen-bond donors (Lipinski definition) is 1. The van der Waals surface area contributed by atoms with E-state index in [4.69, 9.17) is 10.5 Å². The Hall–Kier alpha value is -1.95. The molecule has 0 radical (unpaired) electrons. The molecule has 98 valence electrons. The summed E-state index contributed by atoms with van der Waals surface area (Å²) in [5.41, 5.74) is 5.95. The number of carbonyl (C=O) groups is 1. The van der Waals surface area contributed by atoms with Crippen LogP contribution < -0.4 is 5.73 Å². The molecule has 0 aliphatic rings. The predicted octanol–water partition coefficient (Wildman–Crippen LogP) is 1.88. The van der Waals surface area contributed by atoms with Gasteiger partial charge in [-0.1, -0.05) is 6.92 Å². The van der Waals surface area contributed by atoms with E-state index in [0.717, 1.165) is 0 Å². The molecular weight excluding hydrogens is 236 g/mol. The molecule has 0 saturated heterocycles. The number of hydrogen-bond acceptors (Lipinski definition) is 5. The van der Waals surface area contributed by atoms with Crippen LogP contribution in [0.25, 0.3) is 0 Å². The van der Waals surface area contributed by atoms with Crippen molar-refractivity contribution < 1.29 is 14.5 Å². The Bertz CT molecular complexity index is 430. The largest absolute Gasteiger partial charge is 0.457 e. The van der Waals surface area contributed by atoms with Crippen LogP contribution in [0.3, 0.4) is 0 Å². The van der Waals surface area contributed by atoms with Gasteiger partial charge in [0.2, 0.25) is 0 Å². The molecule has 0 bridgehead atoms. The number of nitro groups is 1. The van der Waals surface area contributed by atoms with E-state index in [1.165, 1.54) is 24.3 Å². The predicted molar refractivity (Wildman–Crippen MR) is 66.2 cm³/mol. The minimum Gasteiger partial charge on any atom is -0.457 e. The summed E-state index contributed by atoms with van der Waals surface area (Å²) in [6.07, 6.45) is 0.312. The molecule has 0 heterocycles. The minimum atomic E-state index is -0.527. The number of benzene rings is 1. The lowest BCUT2D eigenvalue weighted by atomic mass is 10.1. The Labute approximate surface area is 105 Å². The number of esters is 1. The number of nitrogens with zero attached hydrogens (tertiary/aromatic N) is 1. The van der Waals surface area contributed by atoms with E-state index in [9.17, 15) is 14.9 Å². The molecule has 6 heteroatoms. The molecule has 1 aromatic carbocycles. The molecule has 0 aliphatic carbocycles. The van der Waals surface area contributed by atoms with Crippen LogP contribution in [0.15, 0.2) is 24.3 Å². The standard InChI is InChI=1S/C12H16N2O4/c1-3-11(13)8(2)18-12(15)9-4-6-10(7-5-9)14(16)17/h4-8,11H,3,13H2,1-2H3/t8?,11-/m0/s1. The van der Waals surface area contributed by atoms with Crippen LogP contribution in [-0.4, -0.2) is 23.0 Å². The lowest BCUT2D eigenvalue weighted by molar-refractivity contribution is -0.384. The minimum absolute atomic E-state index is 0.0649. The Kier molecular flexibility index (Phi) is 4.79. The number of carbonyl (C=O) groups excluding carboxylic acids is 1. The Balaban J connectivity index is 2.70. The third kappa shape index (κ3) is 3.53. The first kappa shape index (κ1) is 14.1. The zero-order valence-electron chi connectivity index (χ0n) is 10.3. The zero-order chi connectivity index (χ0) is 13.7. The summed E-state index contributed by atoms with van der Waals surface area (Å²) in [6.45, 7) is 3.62. The van der Waals surface area contributed by atoms with Gasteiger partial charge in [0.1, 0.15) is 6.10 Å². The first-order chi connectivity index (χ1) is 8.45. The van der Waals surface area contributed by atoms with Gasteiger partial charge in [0.25, 0.3) is 5.69 Å². The Morgan fingerprint density at radius 2 is 2.00 bits per heavy atom. The number of non-ortho nitro benzene ring substituents is 1. The number of rotatable bonds is 5. The normalized spacial score (nSPS) is 13.7. The quantitative estimate of drug-likeness (QED) is 0.490. The van der Waals surface area contributed by atoms with Gasteiger partial charge in [0.15, 0.2) is 0 Å². The smallest absolute Gasteiger partial charge is 0.338 e. The van der Waals surface area contributed by atoms with Gasteiger partial charge in [-0.05, 0) is 25.5 Å². The highest BCUT2D eigenvalue weighted by Gasteiger charge is 2.17. The van der Waals surface area contributed by atoms with E-state index < -0.39 is 17.0 Å². The first-order valence-corrected chi connectivity index (χ1v) is 5.66. The van der Waals surface area contributed by atoms with Crippen molar-refractivity contribution in [3.05, 3.63) is 39.9 Å². The highest BCUT2D eigenvalue weighted by molar-refractivity contribution is 5.89. The van der Waals surface area contributed by atoms with Crippen molar-refractivity contribution in [3.63, 3.8) is 0 Å². The molecular formula is C12H16N2O4. The molecule has 18 heavy (non-hydrogen) atoms. The summed E-state index contributed by atoms with van der Waals surface area (Å²) in [5, 5.41) is 10.5. The van der Waals surface area contributed by atoms with E-state index in [1.54, 1.807) is 6.92 Å². The molecule has 1 unspecified atom stereocenters. The second-order valence-corrected chi connectivity index (χ2v) is 3.99. The van der Waals surface area contributed by atoms with Gasteiger partial charge in [-0.25, -0.2) is 4.79 Å². The number of ether oxygens (including phenoxy) is 1. The van der Waals surface area contributed by atoms with Crippen molar-refractivity contribution in [3.8, 4) is 0 Å². The topological polar surface area (TPSA) is 95.5 Å². The van der Waals surface area contributed by atoms with Gasteiger partial charge in [-0.15, -0.1) is 0 Å². The summed E-state index contributed by atoms with van der Waals surface area (Å²) in [4.78, 5) is 21.6. The number of nitro benzene ring substituents is 1. The maximum atomic E-state index is 11.7. The third-order valence-corrected chi connectivity index (χ3v) is 2.68. The average Bonchev–Trinajstić information content (AvgIpc) is 2.37. The zero-order valence-corrected chi connectivity index (χ0v) is 10.3. The van der Waals surface area contributed by atoms with E-state index in [0.29, 0.717) is 6.42 Å². The summed E-state index contributed by atoms with van der Waals surface area (Å²) < 4.78 is 5.16. The van der Waals surface area contributed by atoms with Gasteiger partial charge in [-0.3, -0.25) is 10.1 Å². The Morgan fingerprint density at radius 1 is 1.44 bits per heavy atom. The van der Waals surface area contributed by atoms with E-state index in [1.807, 2.05) is 6.92 Å². The fourth-order valence-electron chi connectivity index (χ4n) is 1.38. The van der Waals surface area contributed by atoms with Crippen LogP contribution in [0.4, 0.5) is 5.69 Å². The second-order valence-electron chi connectivity index (χ2n) is 3.99. The van der Waals surface area contributed by atoms with Crippen molar-refractivity contribution >= 4 is 11.7 Å². The van der Waals surface area contributed by atoms with Crippen molar-refractivity contribution in [1.29, 1.82) is 0 Å². The van der Waals surface area contributed by atoms with Gasteiger partial charge in [0, 0.05) is 18.2 Å². The maximum Gasteiger partial charge on any atom is 0.338 e. The molecule has 0 fully saturated rings. The second kappa shape index (κ2) is 6.11. The molecule has 0 saturated carbocycles. The molecule has 2 N–H and O–H groups in total. The summed E-state index contributed by atoms with van der Waals surface area (Å²) in [5.74, 6) is -0.527. The molecule has 0 aromatic heterocycles. The van der Waals surface area contributed by atoms with Crippen molar-refractivity contribution in [2.45, 2.75) is 32.4 Å². The van der Waals surface area contributed by atoms with Gasteiger partial charge >= 0.3 is 5.97 Å². The highest BCUT2D eigenvalue weighted by Crippen LogP contribution is 2.13. The lowest BCUT2D eigenvalue weighted by Gasteiger charge is -2.18. The van der Waals surface area contributed by atoms with Crippen LogP contribution in [0.2, 0.25) is 0 Å². The molecule has 1 aromatic rings. The summed E-state index contributed by atoms with van der Waals surface area (Å²) in [6, 6.07) is 5.05. The SMILES string of the molecule is CC[C@H](N)C(C)OC(=O)c1ccc([N+](=O)[O-])cc1. The molecule has 2 atom stereocenters. The van der Waals surface area contributed by atoms with Crippen LogP contribution in [0.1, 0.15) is 30.6 Å². The van der Waals surface area contributed by atoms with E-state index in [-0.39, 0.29) is 17.3 Å². The van der Waals surface area contributed by atoms with Gasteiger partial charge in [-0.2, -0.15) is 0 Å². The van der Waals surface area contributed by atoms with Crippen LogP contribution in [-0.2, 0) is 4.74 Å². The van der Waals surface area contributed by atoms with Crippen molar-refractivity contribution in [2.24, 2.45) is 5.73 Å². The molecule has 0 amide bonds. The number of nitrogens with two attached hydrogens (primary N) is 1. The van der Waals surface area contributed by atoms with Gasteiger partial charge < -0.3 is 10.5 Å². The van der Waals surface area contributed by atoms with Crippen molar-refractivity contribution in [2.75, 3.05) is 0 Å². The van der Waals surface area contributed by atoms with E-state index in [2.05, 4.69) is 0 Å². The summed E-state index contributed by atoms with van der Waals surface area (Å²) >= 11 is 0. The molecule has 0 aliphatic heterocycles. The van der Waals surface area contributed by atoms with Crippen LogP contribution in [0.5, 0.6) is 0 Å². The lowest BCUT2D eigenvalue weighted by Crippen LogP contribution is -2.35. The molecule has 6 nitrogen and oxygen atoms in total. The third-order valence-electron chi connectivity index (χ3n) is 2.68. The fourth-order valence-corrected chi connectivity index (χ4v) is 1.38. The van der Waals surface area contributed by atoms with Crippen LogP contribution >= 0.6 is 0 Å². The fraction of sp³-hybridized carbons (Fsp3) is 0.417. The average molecular weight is 252 g/mol. The summed E-state index contributed by atoms with van der Waals surface area (Å²) in [7, 11) is 0. The highest BCUT2D eigenvalue weighted by atomic mass is 16.6. The van der Waals surface area contributed by atoms with E-state index >= 15 is 0 Å². The van der Waals surface area contributed by atoms with Crippen molar-refractivity contribution in [1.82, 2.24) is 0 Å². The molecule has 1 rings (SSSR count). The maximum absolute atomic E-state index is 11.7. The van der Waals surface area contributed by atoms with Crippen LogP contribution in [0, 0.1) is 10.1 Å². The first-order valence-electron chi connectivity index (χ1n) is 5.66.